The summed E-state index contributed by atoms with van der Waals surface area (Å²) in [5.41, 5.74) is 1.73. The molecule has 4 heteroatoms. The molecule has 0 aromatic heterocycles. The van der Waals surface area contributed by atoms with Crippen LogP contribution in [0.4, 0.5) is 5.69 Å². The van der Waals surface area contributed by atoms with Gasteiger partial charge in [-0.2, -0.15) is 0 Å². The van der Waals surface area contributed by atoms with Crippen LogP contribution in [0.2, 0.25) is 0 Å². The van der Waals surface area contributed by atoms with Crippen LogP contribution in [-0.2, 0) is 4.79 Å². The van der Waals surface area contributed by atoms with Crippen molar-refractivity contribution in [2.45, 2.75) is 39.3 Å². The van der Waals surface area contributed by atoms with Crippen LogP contribution >= 0.6 is 0 Å². The fourth-order valence-corrected chi connectivity index (χ4v) is 2.46. The number of Topliss-reactive ketones (excluding diaryl/α,β-unsaturated/α-hetero) is 1. The summed E-state index contributed by atoms with van der Waals surface area (Å²) >= 11 is 0. The normalized spacial score (nSPS) is 12.3. The summed E-state index contributed by atoms with van der Waals surface area (Å²) in [5, 5.41) is 6.24. The Balaban J connectivity index is 2.37. The second kappa shape index (κ2) is 7.30. The van der Waals surface area contributed by atoms with Gasteiger partial charge in [-0.05, 0) is 45.4 Å². The number of ketones is 1. The summed E-state index contributed by atoms with van der Waals surface area (Å²) in [6.45, 7) is 7.34. The quantitative estimate of drug-likeness (QED) is 0.819. The molecule has 0 aliphatic rings. The Morgan fingerprint density at radius 3 is 2.08 bits per heavy atom. The maximum absolute atomic E-state index is 12.8. The van der Waals surface area contributed by atoms with Gasteiger partial charge in [0.15, 0.2) is 5.78 Å². The lowest BCUT2D eigenvalue weighted by Gasteiger charge is -2.27. The highest BCUT2D eigenvalue weighted by atomic mass is 16.2. The molecule has 0 radical (unpaired) electrons. The lowest BCUT2D eigenvalue weighted by molar-refractivity contribution is -0.123. The fourth-order valence-electron chi connectivity index (χ4n) is 2.46. The monoisotopic (exact) mass is 324 g/mol. The van der Waals surface area contributed by atoms with Crippen LogP contribution in [-0.4, -0.2) is 17.2 Å². The highest BCUT2D eigenvalue weighted by Crippen LogP contribution is 2.24. The van der Waals surface area contributed by atoms with Gasteiger partial charge < -0.3 is 10.6 Å². The van der Waals surface area contributed by atoms with Gasteiger partial charge in [0.1, 0.15) is 6.04 Å². The molecule has 0 aliphatic carbocycles. The van der Waals surface area contributed by atoms with E-state index in [-0.39, 0.29) is 17.2 Å². The number of nitrogens with one attached hydrogen (secondary N) is 2. The van der Waals surface area contributed by atoms with Crippen molar-refractivity contribution in [1.29, 1.82) is 0 Å². The van der Waals surface area contributed by atoms with Gasteiger partial charge >= 0.3 is 0 Å². The van der Waals surface area contributed by atoms with Gasteiger partial charge in [-0.1, -0.05) is 42.5 Å². The van der Waals surface area contributed by atoms with E-state index in [1.807, 2.05) is 69.3 Å². The van der Waals surface area contributed by atoms with Gasteiger partial charge in [0.2, 0.25) is 5.91 Å². The SMILES string of the molecule is CC(=O)c1ccccc1NC(C(=O)NC(C)(C)C)c1ccccc1. The topological polar surface area (TPSA) is 58.2 Å². The van der Waals surface area contributed by atoms with Crippen molar-refractivity contribution in [1.82, 2.24) is 5.32 Å². The minimum atomic E-state index is -0.578. The van der Waals surface area contributed by atoms with Gasteiger partial charge in [0.05, 0.1) is 0 Å². The first-order valence-corrected chi connectivity index (χ1v) is 8.01. The second-order valence-electron chi connectivity index (χ2n) is 6.83. The van der Waals surface area contributed by atoms with E-state index in [2.05, 4.69) is 10.6 Å². The van der Waals surface area contributed by atoms with Crippen molar-refractivity contribution in [3.05, 3.63) is 65.7 Å². The molecule has 2 rings (SSSR count). The zero-order valence-electron chi connectivity index (χ0n) is 14.6. The predicted molar refractivity (Wildman–Crippen MR) is 97.1 cm³/mol. The van der Waals surface area contributed by atoms with Crippen molar-refractivity contribution in [3.8, 4) is 0 Å². The molecule has 1 atom stereocenters. The molecule has 0 saturated carbocycles. The molecule has 0 aliphatic heterocycles. The van der Waals surface area contributed by atoms with Crippen molar-refractivity contribution >= 4 is 17.4 Å². The summed E-state index contributed by atoms with van der Waals surface area (Å²) in [6, 6.07) is 16.2. The molecule has 0 heterocycles. The Kier molecular flexibility index (Phi) is 5.39. The molecule has 4 nitrogen and oxygen atoms in total. The number of carbonyl (C=O) groups is 2. The Labute approximate surface area is 143 Å². The Hall–Kier alpha value is -2.62. The Morgan fingerprint density at radius 1 is 0.917 bits per heavy atom. The third-order valence-corrected chi connectivity index (χ3v) is 3.50. The molecular formula is C20H24N2O2. The van der Waals surface area contributed by atoms with Crippen LogP contribution in [0.5, 0.6) is 0 Å². The van der Waals surface area contributed by atoms with Crippen molar-refractivity contribution < 1.29 is 9.59 Å². The minimum absolute atomic E-state index is 0.0406. The van der Waals surface area contributed by atoms with Crippen LogP contribution in [0.15, 0.2) is 54.6 Å². The number of hydrogen-bond acceptors (Lipinski definition) is 3. The molecule has 2 aromatic carbocycles. The maximum atomic E-state index is 12.8. The van der Waals surface area contributed by atoms with Crippen LogP contribution in [0.1, 0.15) is 49.7 Å². The second-order valence-corrected chi connectivity index (χ2v) is 6.83. The summed E-state index contributed by atoms with van der Waals surface area (Å²) in [7, 11) is 0. The minimum Gasteiger partial charge on any atom is -0.369 e. The largest absolute Gasteiger partial charge is 0.369 e. The summed E-state index contributed by atoms with van der Waals surface area (Å²) < 4.78 is 0. The summed E-state index contributed by atoms with van der Waals surface area (Å²) in [6.07, 6.45) is 0. The Bertz CT molecular complexity index is 718. The van der Waals surface area contributed by atoms with E-state index in [1.54, 1.807) is 6.07 Å². The molecule has 0 saturated heterocycles. The number of amides is 1. The number of carbonyl (C=O) groups excluding carboxylic acids is 2. The van der Waals surface area contributed by atoms with Gasteiger partial charge in [-0.25, -0.2) is 0 Å². The first-order chi connectivity index (χ1) is 11.3. The summed E-state index contributed by atoms with van der Waals surface area (Å²) in [5.74, 6) is -0.173. The van der Waals surface area contributed by atoms with E-state index in [4.69, 9.17) is 0 Å². The number of anilines is 1. The average Bonchev–Trinajstić information content (AvgIpc) is 2.52. The van der Waals surface area contributed by atoms with Crippen molar-refractivity contribution in [2.75, 3.05) is 5.32 Å². The van der Waals surface area contributed by atoms with E-state index >= 15 is 0 Å². The highest BCUT2D eigenvalue weighted by molar-refractivity contribution is 6.00. The molecule has 1 amide bonds. The number of rotatable bonds is 5. The third kappa shape index (κ3) is 4.69. The molecule has 24 heavy (non-hydrogen) atoms. The third-order valence-electron chi connectivity index (χ3n) is 3.50. The maximum Gasteiger partial charge on any atom is 0.247 e. The van der Waals surface area contributed by atoms with Crippen LogP contribution in [0, 0.1) is 0 Å². The fraction of sp³-hybridized carbons (Fsp3) is 0.300. The zero-order chi connectivity index (χ0) is 17.7. The van der Waals surface area contributed by atoms with E-state index in [0.717, 1.165) is 5.56 Å². The van der Waals surface area contributed by atoms with E-state index in [0.29, 0.717) is 11.3 Å². The van der Waals surface area contributed by atoms with E-state index in [1.165, 1.54) is 6.92 Å². The van der Waals surface area contributed by atoms with Gasteiger partial charge in [0.25, 0.3) is 0 Å². The zero-order valence-corrected chi connectivity index (χ0v) is 14.6. The first kappa shape index (κ1) is 17.7. The van der Waals surface area contributed by atoms with Crippen molar-refractivity contribution in [2.24, 2.45) is 0 Å². The van der Waals surface area contributed by atoms with Crippen molar-refractivity contribution in [3.63, 3.8) is 0 Å². The molecular weight excluding hydrogens is 300 g/mol. The van der Waals surface area contributed by atoms with Crippen LogP contribution < -0.4 is 10.6 Å². The standard InChI is InChI=1S/C20H24N2O2/c1-14(23)16-12-8-9-13-17(16)21-18(15-10-6-5-7-11-15)19(24)22-20(2,3)4/h5-13,18,21H,1-4H3,(H,22,24). The lowest BCUT2D eigenvalue weighted by Crippen LogP contribution is -2.44. The molecule has 0 fully saturated rings. The molecule has 0 spiro atoms. The first-order valence-electron chi connectivity index (χ1n) is 8.01. The molecule has 2 N–H and O–H groups in total. The van der Waals surface area contributed by atoms with Crippen LogP contribution in [0.25, 0.3) is 0 Å². The highest BCUT2D eigenvalue weighted by Gasteiger charge is 2.25. The number of para-hydroxylation sites is 1. The smallest absolute Gasteiger partial charge is 0.247 e. The van der Waals surface area contributed by atoms with Gasteiger partial charge in [0, 0.05) is 16.8 Å². The molecule has 0 bridgehead atoms. The molecule has 126 valence electrons. The lowest BCUT2D eigenvalue weighted by atomic mass is 10.0. The number of benzene rings is 2. The van der Waals surface area contributed by atoms with Gasteiger partial charge in [-0.3, -0.25) is 9.59 Å². The summed E-state index contributed by atoms with van der Waals surface area (Å²) in [4.78, 5) is 24.6. The Morgan fingerprint density at radius 2 is 1.50 bits per heavy atom. The number of hydrogen-bond donors (Lipinski definition) is 2. The predicted octanol–water partition coefficient (Wildman–Crippen LogP) is 3.96. The van der Waals surface area contributed by atoms with E-state index in [9.17, 15) is 9.59 Å². The van der Waals surface area contributed by atoms with Gasteiger partial charge in [-0.15, -0.1) is 0 Å². The average molecular weight is 324 g/mol. The molecule has 2 aromatic rings. The van der Waals surface area contributed by atoms with E-state index < -0.39 is 6.04 Å². The molecule has 1 unspecified atom stereocenters. The van der Waals surface area contributed by atoms with Crippen LogP contribution in [0.3, 0.4) is 0 Å².